The van der Waals surface area contributed by atoms with Crippen LogP contribution >= 0.6 is 38.9 Å². The number of methoxy groups -OCH3 is 1. The predicted molar refractivity (Wildman–Crippen MR) is 78.1 cm³/mol. The molecule has 0 radical (unpaired) electrons. The SMILES string of the molecule is COCC(Cl)CCNS(=O)(=O)c1cc(C)c(Br)s1. The van der Waals surface area contributed by atoms with Gasteiger partial charge in [0.05, 0.1) is 15.8 Å². The van der Waals surface area contributed by atoms with Crippen LogP contribution in [-0.4, -0.2) is 34.1 Å². The molecule has 0 saturated heterocycles. The van der Waals surface area contributed by atoms with Gasteiger partial charge in [-0.1, -0.05) is 0 Å². The van der Waals surface area contributed by atoms with Crippen LogP contribution in [0.4, 0.5) is 0 Å². The maximum atomic E-state index is 11.9. The Morgan fingerprint density at radius 3 is 2.78 bits per heavy atom. The molecule has 1 unspecified atom stereocenters. The molecule has 1 heterocycles. The lowest BCUT2D eigenvalue weighted by Gasteiger charge is -2.08. The molecule has 8 heteroatoms. The Bertz CT molecular complexity index is 470. The zero-order valence-electron chi connectivity index (χ0n) is 10.1. The molecule has 1 aromatic heterocycles. The molecule has 0 fully saturated rings. The Labute approximate surface area is 125 Å². The number of nitrogens with one attached hydrogen (secondary N) is 1. The van der Waals surface area contributed by atoms with Crippen molar-refractivity contribution in [3.05, 3.63) is 15.4 Å². The van der Waals surface area contributed by atoms with Gasteiger partial charge in [-0.25, -0.2) is 13.1 Å². The fourth-order valence-electron chi connectivity index (χ4n) is 1.25. The molecule has 0 aliphatic heterocycles. The minimum absolute atomic E-state index is 0.186. The van der Waals surface area contributed by atoms with Crippen LogP contribution in [0, 0.1) is 6.92 Å². The average molecular weight is 377 g/mol. The quantitative estimate of drug-likeness (QED) is 0.744. The lowest BCUT2D eigenvalue weighted by Crippen LogP contribution is -2.26. The maximum Gasteiger partial charge on any atom is 0.250 e. The van der Waals surface area contributed by atoms with Crippen LogP contribution in [0.1, 0.15) is 12.0 Å². The molecule has 104 valence electrons. The van der Waals surface area contributed by atoms with Crippen molar-refractivity contribution < 1.29 is 13.2 Å². The number of hydrogen-bond donors (Lipinski definition) is 1. The van der Waals surface area contributed by atoms with Crippen molar-refractivity contribution in [2.24, 2.45) is 0 Å². The Morgan fingerprint density at radius 2 is 2.28 bits per heavy atom. The van der Waals surface area contributed by atoms with Crippen molar-refractivity contribution in [2.45, 2.75) is 22.9 Å². The number of hydrogen-bond acceptors (Lipinski definition) is 4. The van der Waals surface area contributed by atoms with Gasteiger partial charge in [0.1, 0.15) is 4.21 Å². The second kappa shape index (κ2) is 7.21. The third kappa shape index (κ3) is 4.79. The number of rotatable bonds is 7. The van der Waals surface area contributed by atoms with Gasteiger partial charge in [0.15, 0.2) is 0 Å². The van der Waals surface area contributed by atoms with Gasteiger partial charge in [-0.05, 0) is 40.9 Å². The predicted octanol–water partition coefficient (Wildman–Crippen LogP) is 2.74. The summed E-state index contributed by atoms with van der Waals surface area (Å²) in [5.41, 5.74) is 0.912. The zero-order chi connectivity index (χ0) is 13.8. The fraction of sp³-hybridized carbons (Fsp3) is 0.600. The van der Waals surface area contributed by atoms with Crippen molar-refractivity contribution in [2.75, 3.05) is 20.3 Å². The monoisotopic (exact) mass is 375 g/mol. The van der Waals surface area contributed by atoms with Gasteiger partial charge in [0, 0.05) is 13.7 Å². The normalized spacial score (nSPS) is 13.8. The van der Waals surface area contributed by atoms with E-state index in [1.807, 2.05) is 6.92 Å². The van der Waals surface area contributed by atoms with Gasteiger partial charge in [-0.2, -0.15) is 0 Å². The van der Waals surface area contributed by atoms with E-state index in [4.69, 9.17) is 16.3 Å². The van der Waals surface area contributed by atoms with Gasteiger partial charge >= 0.3 is 0 Å². The lowest BCUT2D eigenvalue weighted by atomic mass is 10.3. The van der Waals surface area contributed by atoms with Crippen LogP contribution in [0.2, 0.25) is 0 Å². The Morgan fingerprint density at radius 1 is 1.61 bits per heavy atom. The highest BCUT2D eigenvalue weighted by molar-refractivity contribution is 9.11. The van der Waals surface area contributed by atoms with Gasteiger partial charge in [0.25, 0.3) is 0 Å². The summed E-state index contributed by atoms with van der Waals surface area (Å²) in [4.78, 5) is 0. The Balaban J connectivity index is 2.55. The topological polar surface area (TPSA) is 55.4 Å². The van der Waals surface area contributed by atoms with Gasteiger partial charge in [0.2, 0.25) is 10.0 Å². The molecular formula is C10H15BrClNO3S2. The van der Waals surface area contributed by atoms with Crippen molar-refractivity contribution in [3.63, 3.8) is 0 Å². The number of halogens is 2. The van der Waals surface area contributed by atoms with Gasteiger partial charge in [-0.15, -0.1) is 22.9 Å². The van der Waals surface area contributed by atoms with E-state index in [9.17, 15) is 8.42 Å². The molecule has 0 bridgehead atoms. The van der Waals surface area contributed by atoms with Crippen LogP contribution in [0.5, 0.6) is 0 Å². The first-order chi connectivity index (χ1) is 8.36. The van der Waals surface area contributed by atoms with Crippen molar-refractivity contribution in [1.29, 1.82) is 0 Å². The zero-order valence-corrected chi connectivity index (χ0v) is 14.0. The summed E-state index contributed by atoms with van der Waals surface area (Å²) in [5, 5.41) is -0.186. The van der Waals surface area contributed by atoms with Crippen molar-refractivity contribution in [3.8, 4) is 0 Å². The van der Waals surface area contributed by atoms with Crippen LogP contribution in [0.15, 0.2) is 14.1 Å². The molecule has 0 amide bonds. The van der Waals surface area contributed by atoms with E-state index in [0.29, 0.717) is 23.8 Å². The molecule has 0 saturated carbocycles. The second-order valence-corrected chi connectivity index (χ2v) is 8.74. The highest BCUT2D eigenvalue weighted by atomic mass is 79.9. The molecule has 0 spiro atoms. The summed E-state index contributed by atoms with van der Waals surface area (Å²) in [6, 6.07) is 1.64. The Hall–Kier alpha value is 0.340. The summed E-state index contributed by atoms with van der Waals surface area (Å²) in [7, 11) is -1.87. The van der Waals surface area contributed by atoms with Crippen LogP contribution in [0.3, 0.4) is 0 Å². The largest absolute Gasteiger partial charge is 0.383 e. The maximum absolute atomic E-state index is 11.9. The van der Waals surface area contributed by atoms with E-state index in [1.165, 1.54) is 11.3 Å². The van der Waals surface area contributed by atoms with Crippen LogP contribution in [-0.2, 0) is 14.8 Å². The van der Waals surface area contributed by atoms with E-state index in [0.717, 1.165) is 9.35 Å². The van der Waals surface area contributed by atoms with E-state index in [2.05, 4.69) is 20.7 Å². The molecule has 1 atom stereocenters. The fourth-order valence-corrected chi connectivity index (χ4v) is 4.80. The standard InChI is InChI=1S/C10H15BrClNO3S2/c1-7-5-9(17-10(7)11)18(14,15)13-4-3-8(12)6-16-2/h5,8,13H,3-4,6H2,1-2H3. The first kappa shape index (κ1) is 16.4. The summed E-state index contributed by atoms with van der Waals surface area (Å²) >= 11 is 10.4. The molecule has 0 aliphatic rings. The van der Waals surface area contributed by atoms with Gasteiger partial charge in [-0.3, -0.25) is 0 Å². The number of aryl methyl sites for hydroxylation is 1. The molecule has 0 aromatic carbocycles. The number of alkyl halides is 1. The minimum Gasteiger partial charge on any atom is -0.383 e. The molecule has 1 aromatic rings. The molecule has 1 rings (SSSR count). The first-order valence-corrected chi connectivity index (χ1v) is 8.78. The smallest absolute Gasteiger partial charge is 0.250 e. The Kier molecular flexibility index (Phi) is 6.57. The van der Waals surface area contributed by atoms with E-state index in [1.54, 1.807) is 13.2 Å². The summed E-state index contributed by atoms with van der Waals surface area (Å²) in [5.74, 6) is 0. The molecule has 1 N–H and O–H groups in total. The molecule has 0 aliphatic carbocycles. The number of thiophene rings is 1. The van der Waals surface area contributed by atoms with E-state index in [-0.39, 0.29) is 5.38 Å². The molecule has 18 heavy (non-hydrogen) atoms. The number of sulfonamides is 1. The minimum atomic E-state index is -3.43. The molecule has 4 nitrogen and oxygen atoms in total. The second-order valence-electron chi connectivity index (χ2n) is 3.76. The lowest BCUT2D eigenvalue weighted by molar-refractivity contribution is 0.196. The van der Waals surface area contributed by atoms with Crippen LogP contribution in [0.25, 0.3) is 0 Å². The summed E-state index contributed by atoms with van der Waals surface area (Å²) in [6.07, 6.45) is 0.528. The van der Waals surface area contributed by atoms with Gasteiger partial charge < -0.3 is 4.74 Å². The average Bonchev–Trinajstić information content (AvgIpc) is 2.60. The third-order valence-electron chi connectivity index (χ3n) is 2.20. The van der Waals surface area contributed by atoms with Crippen molar-refractivity contribution in [1.82, 2.24) is 4.72 Å². The van der Waals surface area contributed by atoms with E-state index >= 15 is 0 Å². The highest BCUT2D eigenvalue weighted by Gasteiger charge is 2.18. The van der Waals surface area contributed by atoms with Crippen LogP contribution < -0.4 is 4.72 Å². The first-order valence-electron chi connectivity index (χ1n) is 5.25. The number of ether oxygens (including phenoxy) is 1. The highest BCUT2D eigenvalue weighted by Crippen LogP contribution is 2.30. The molecular weight excluding hydrogens is 362 g/mol. The van der Waals surface area contributed by atoms with E-state index < -0.39 is 10.0 Å². The van der Waals surface area contributed by atoms with Crippen molar-refractivity contribution >= 4 is 48.9 Å². The summed E-state index contributed by atoms with van der Waals surface area (Å²) in [6.45, 7) is 2.56. The third-order valence-corrected chi connectivity index (χ3v) is 6.61. The summed E-state index contributed by atoms with van der Waals surface area (Å²) < 4.78 is 32.4.